The van der Waals surface area contributed by atoms with Crippen molar-refractivity contribution in [1.29, 1.82) is 0 Å². The number of unbranched alkanes of at least 4 members (excludes halogenated alkanes) is 32. The van der Waals surface area contributed by atoms with E-state index >= 15 is 0 Å². The molecule has 5 atom stereocenters. The van der Waals surface area contributed by atoms with Gasteiger partial charge in [0.25, 0.3) is 0 Å². The maximum Gasteiger partial charge on any atom is 0.472 e. The lowest BCUT2D eigenvalue weighted by Crippen LogP contribution is -2.30. The molecule has 0 amide bonds. The summed E-state index contributed by atoms with van der Waals surface area (Å²) in [6.45, 7) is 2.65. The minimum absolute atomic E-state index is 0.110. The fourth-order valence-corrected chi connectivity index (χ4v) is 9.97. The van der Waals surface area contributed by atoms with Crippen LogP contribution in [-0.4, -0.2) is 95.9 Å². The molecule has 18 heteroatoms. The highest BCUT2D eigenvalue weighted by Gasteiger charge is 2.29. The van der Waals surface area contributed by atoms with Crippen molar-refractivity contribution in [3.8, 4) is 0 Å². The average Bonchev–Trinajstić information content (AvgIpc) is 3.40. The molecule has 77 heavy (non-hydrogen) atoms. The lowest BCUT2D eigenvalue weighted by molar-refractivity contribution is -0.161. The van der Waals surface area contributed by atoms with Gasteiger partial charge in [0.05, 0.1) is 26.4 Å². The first kappa shape index (κ1) is 75.0. The number of carbonyl (C=O) groups excluding carboxylic acids is 3. The van der Waals surface area contributed by atoms with Crippen LogP contribution in [0.2, 0.25) is 0 Å². The van der Waals surface area contributed by atoms with Gasteiger partial charge in [0, 0.05) is 19.3 Å². The number of hydrogen-bond donors (Lipinski definition) is 4. The highest BCUT2D eigenvalue weighted by molar-refractivity contribution is 7.47. The molecule has 4 N–H and O–H groups in total. The van der Waals surface area contributed by atoms with Crippen LogP contribution in [0.5, 0.6) is 0 Å². The molecule has 0 aliphatic heterocycles. The molecule has 0 aliphatic carbocycles. The maximum absolute atomic E-state index is 12.8. The number of hydrogen-bond acceptors (Lipinski definition) is 14. The molecule has 0 saturated heterocycles. The molecule has 0 aliphatic rings. The van der Waals surface area contributed by atoms with Crippen molar-refractivity contribution in [2.75, 3.05) is 39.6 Å². The number of allylic oxidation sites excluding steroid dienone is 4. The largest absolute Gasteiger partial charge is 0.472 e. The van der Waals surface area contributed by atoms with Gasteiger partial charge in [0.15, 0.2) is 6.10 Å². The van der Waals surface area contributed by atoms with E-state index in [0.29, 0.717) is 19.3 Å². The van der Waals surface area contributed by atoms with Gasteiger partial charge in [-0.2, -0.15) is 0 Å². The van der Waals surface area contributed by atoms with Crippen LogP contribution in [0.3, 0.4) is 0 Å². The van der Waals surface area contributed by atoms with Crippen LogP contribution in [0.1, 0.15) is 278 Å². The van der Waals surface area contributed by atoms with Crippen molar-refractivity contribution in [2.45, 2.75) is 296 Å². The van der Waals surface area contributed by atoms with Crippen LogP contribution in [-0.2, 0) is 55.8 Å². The Balaban J connectivity index is 4.64. The fourth-order valence-electron chi connectivity index (χ4n) is 8.38. The van der Waals surface area contributed by atoms with Gasteiger partial charge in [-0.1, -0.05) is 212 Å². The van der Waals surface area contributed by atoms with Crippen molar-refractivity contribution >= 4 is 33.6 Å². The number of aliphatic hydroxyl groups is 2. The monoisotopic (exact) mass is 1140 g/mol. The lowest BCUT2D eigenvalue weighted by atomic mass is 10.1. The van der Waals surface area contributed by atoms with Crippen LogP contribution in [0, 0.1) is 0 Å². The van der Waals surface area contributed by atoms with E-state index in [1.54, 1.807) is 0 Å². The summed E-state index contributed by atoms with van der Waals surface area (Å²) in [4.78, 5) is 58.0. The SMILES string of the molecule is CCCCCCCC/C=C\CCCCCCCC(=O)OCC(O)COP(=O)(O)OCC(O)COP(=O)(O)OCC(COC(=O)CCCCCCC/C=C\CCCCCCCC)OC(=O)CCCCCCCCCCCCC. The number of phosphoric ester groups is 2. The predicted octanol–water partition coefficient (Wildman–Crippen LogP) is 15.7. The normalized spacial score (nSPS) is 14.6. The summed E-state index contributed by atoms with van der Waals surface area (Å²) in [5, 5.41) is 20.4. The van der Waals surface area contributed by atoms with Crippen LogP contribution < -0.4 is 0 Å². The molecule has 0 bridgehead atoms. The van der Waals surface area contributed by atoms with Crippen LogP contribution in [0.25, 0.3) is 0 Å². The Labute approximate surface area is 467 Å². The first-order valence-corrected chi connectivity index (χ1v) is 33.6. The summed E-state index contributed by atoms with van der Waals surface area (Å²) < 4.78 is 60.6. The van der Waals surface area contributed by atoms with Crippen molar-refractivity contribution in [3.05, 3.63) is 24.3 Å². The zero-order valence-electron chi connectivity index (χ0n) is 48.7. The molecule has 0 spiro atoms. The zero-order valence-corrected chi connectivity index (χ0v) is 50.4. The van der Waals surface area contributed by atoms with E-state index in [9.17, 15) is 43.5 Å². The molecule has 0 heterocycles. The molecule has 0 rings (SSSR count). The molecule has 0 aromatic carbocycles. The minimum Gasteiger partial charge on any atom is -0.463 e. The molecule has 0 aromatic rings. The first-order chi connectivity index (χ1) is 37.2. The summed E-state index contributed by atoms with van der Waals surface area (Å²) in [5.74, 6) is -1.58. The number of carbonyl (C=O) groups is 3. The van der Waals surface area contributed by atoms with Gasteiger partial charge in [-0.3, -0.25) is 32.5 Å². The Kier molecular flexibility index (Phi) is 53.2. The van der Waals surface area contributed by atoms with Gasteiger partial charge in [-0.25, -0.2) is 9.13 Å². The molecule has 454 valence electrons. The minimum atomic E-state index is -4.91. The van der Waals surface area contributed by atoms with E-state index in [-0.39, 0.29) is 19.3 Å². The average molecular weight is 1140 g/mol. The van der Waals surface area contributed by atoms with E-state index in [0.717, 1.165) is 103 Å². The Hall–Kier alpha value is -1.97. The van der Waals surface area contributed by atoms with Crippen molar-refractivity contribution in [2.24, 2.45) is 0 Å². The number of aliphatic hydroxyl groups excluding tert-OH is 2. The number of esters is 3. The van der Waals surface area contributed by atoms with E-state index in [1.165, 1.54) is 116 Å². The Bertz CT molecular complexity index is 1530. The molecule has 0 radical (unpaired) electrons. The quantitative estimate of drug-likeness (QED) is 0.0146. The highest BCUT2D eigenvalue weighted by atomic mass is 31.2. The van der Waals surface area contributed by atoms with E-state index in [1.807, 2.05) is 0 Å². The number of phosphoric acid groups is 2. The first-order valence-electron chi connectivity index (χ1n) is 30.6. The Morgan fingerprint density at radius 1 is 0.351 bits per heavy atom. The van der Waals surface area contributed by atoms with Crippen LogP contribution in [0.15, 0.2) is 24.3 Å². The summed E-state index contributed by atoms with van der Waals surface area (Å²) in [6.07, 6.45) is 46.8. The van der Waals surface area contributed by atoms with Gasteiger partial charge in [0.2, 0.25) is 0 Å². The fraction of sp³-hybridized carbons (Fsp3) is 0.881. The van der Waals surface area contributed by atoms with Gasteiger partial charge in [-0.15, -0.1) is 0 Å². The summed E-state index contributed by atoms with van der Waals surface area (Å²) in [7, 11) is -9.74. The van der Waals surface area contributed by atoms with E-state index in [2.05, 4.69) is 45.1 Å². The molecule has 5 unspecified atom stereocenters. The third-order valence-corrected chi connectivity index (χ3v) is 15.1. The van der Waals surface area contributed by atoms with Gasteiger partial charge < -0.3 is 34.2 Å². The second-order valence-corrected chi connectivity index (χ2v) is 23.8. The van der Waals surface area contributed by atoms with Crippen molar-refractivity contribution in [3.63, 3.8) is 0 Å². The van der Waals surface area contributed by atoms with Crippen LogP contribution in [0.4, 0.5) is 0 Å². The topological polar surface area (TPSA) is 231 Å². The maximum atomic E-state index is 12.8. The van der Waals surface area contributed by atoms with Gasteiger partial charge >= 0.3 is 33.6 Å². The van der Waals surface area contributed by atoms with Gasteiger partial charge in [-0.05, 0) is 70.6 Å². The molecule has 0 fully saturated rings. The second-order valence-electron chi connectivity index (χ2n) is 20.9. The molecule has 0 aromatic heterocycles. The van der Waals surface area contributed by atoms with Crippen LogP contribution >= 0.6 is 15.6 Å². The molecular weight excluding hydrogens is 1030 g/mol. The standard InChI is InChI=1S/C59H112O16P2/c1-4-7-10-13-16-19-22-24-26-28-31-33-36-39-42-45-57(62)69-48-54(60)49-71-76(65,66)72-50-55(61)51-73-77(67,68)74-53-56(75-59(64)47-44-41-38-35-30-21-18-15-12-9-6-3)52-70-58(63)46-43-40-37-34-32-29-27-25-23-20-17-14-11-8-5-2/h24-27,54-56,60-61H,4-23,28-53H2,1-3H3,(H,65,66)(H,67,68)/b26-24-,27-25-. The van der Waals surface area contributed by atoms with E-state index < -0.39 is 91.5 Å². The highest BCUT2D eigenvalue weighted by Crippen LogP contribution is 2.45. The third kappa shape index (κ3) is 55.7. The summed E-state index contributed by atoms with van der Waals surface area (Å²) in [5.41, 5.74) is 0. The smallest absolute Gasteiger partial charge is 0.463 e. The number of rotatable bonds is 59. The second kappa shape index (κ2) is 54.6. The Morgan fingerprint density at radius 3 is 0.948 bits per heavy atom. The Morgan fingerprint density at radius 2 is 0.610 bits per heavy atom. The van der Waals surface area contributed by atoms with E-state index in [4.69, 9.17) is 32.3 Å². The molecular formula is C59H112O16P2. The van der Waals surface area contributed by atoms with Crippen molar-refractivity contribution in [1.82, 2.24) is 0 Å². The molecule has 0 saturated carbocycles. The van der Waals surface area contributed by atoms with Gasteiger partial charge in [0.1, 0.15) is 25.4 Å². The summed E-state index contributed by atoms with van der Waals surface area (Å²) in [6, 6.07) is 0. The van der Waals surface area contributed by atoms with Crippen molar-refractivity contribution < 1.29 is 75.8 Å². The lowest BCUT2D eigenvalue weighted by Gasteiger charge is -2.21. The third-order valence-electron chi connectivity index (χ3n) is 13.1. The zero-order chi connectivity index (χ0) is 56.8. The predicted molar refractivity (Wildman–Crippen MR) is 307 cm³/mol. The molecule has 16 nitrogen and oxygen atoms in total. The number of ether oxygens (including phenoxy) is 3. The summed E-state index contributed by atoms with van der Waals surface area (Å²) >= 11 is 0.